The molecule has 13 heavy (non-hydrogen) atoms. The zero-order valence-corrected chi connectivity index (χ0v) is 8.84. The lowest BCUT2D eigenvalue weighted by atomic mass is 10.1. The summed E-state index contributed by atoms with van der Waals surface area (Å²) in [4.78, 5) is 13.8. The van der Waals surface area contributed by atoms with E-state index in [4.69, 9.17) is 0 Å². The van der Waals surface area contributed by atoms with Crippen LogP contribution >= 0.6 is 0 Å². The predicted molar refractivity (Wildman–Crippen MR) is 53.5 cm³/mol. The van der Waals surface area contributed by atoms with Gasteiger partial charge >= 0.3 is 0 Å². The van der Waals surface area contributed by atoms with Gasteiger partial charge in [-0.25, -0.2) is 0 Å². The van der Waals surface area contributed by atoms with Gasteiger partial charge in [0.15, 0.2) is 0 Å². The predicted octanol–water partition coefficient (Wildman–Crippen LogP) is 0.853. The van der Waals surface area contributed by atoms with E-state index in [1.54, 1.807) is 0 Å². The number of likely N-dealkylation sites (tertiary alicyclic amines) is 1. The average molecular weight is 184 g/mol. The van der Waals surface area contributed by atoms with Gasteiger partial charge in [0, 0.05) is 19.1 Å². The molecule has 1 rings (SSSR count). The highest BCUT2D eigenvalue weighted by atomic mass is 16.1. The minimum atomic E-state index is 0.224. The maximum absolute atomic E-state index is 11.5. The Bertz CT molecular complexity index is 180. The summed E-state index contributed by atoms with van der Waals surface area (Å²) in [6.07, 6.45) is 1.02. The zero-order valence-electron chi connectivity index (χ0n) is 8.84. The number of carbonyl (C=O) groups is 1. The largest absolute Gasteiger partial charge is 0.356 e. The summed E-state index contributed by atoms with van der Waals surface area (Å²) >= 11 is 0. The highest BCUT2D eigenvalue weighted by Crippen LogP contribution is 2.18. The number of amides is 1. The summed E-state index contributed by atoms with van der Waals surface area (Å²) < 4.78 is 0. The molecule has 0 unspecified atom stereocenters. The average Bonchev–Trinajstić information content (AvgIpc) is 2.52. The van der Waals surface area contributed by atoms with Crippen molar-refractivity contribution in [1.29, 1.82) is 0 Å². The number of rotatable bonds is 3. The maximum Gasteiger partial charge on any atom is 0.224 e. The zero-order chi connectivity index (χ0) is 9.84. The van der Waals surface area contributed by atoms with Crippen LogP contribution in [0.25, 0.3) is 0 Å². The third-order valence-corrected chi connectivity index (χ3v) is 2.67. The van der Waals surface area contributed by atoms with E-state index in [9.17, 15) is 4.79 Å². The third-order valence-electron chi connectivity index (χ3n) is 2.67. The van der Waals surface area contributed by atoms with Gasteiger partial charge in [0.25, 0.3) is 0 Å². The molecule has 1 saturated heterocycles. The van der Waals surface area contributed by atoms with Crippen LogP contribution in [-0.4, -0.2) is 36.5 Å². The van der Waals surface area contributed by atoms with Crippen molar-refractivity contribution in [3.8, 4) is 0 Å². The quantitative estimate of drug-likeness (QED) is 0.705. The first-order valence-electron chi connectivity index (χ1n) is 5.17. The molecule has 0 saturated carbocycles. The van der Waals surface area contributed by atoms with Crippen molar-refractivity contribution in [1.82, 2.24) is 10.2 Å². The first-order chi connectivity index (χ1) is 6.15. The normalized spacial score (nSPS) is 23.8. The molecule has 1 N–H and O–H groups in total. The smallest absolute Gasteiger partial charge is 0.224 e. The Morgan fingerprint density at radius 2 is 2.31 bits per heavy atom. The molecule has 1 atom stereocenters. The number of hydrogen-bond donors (Lipinski definition) is 1. The second-order valence-corrected chi connectivity index (χ2v) is 3.97. The molecule has 1 aliphatic rings. The van der Waals surface area contributed by atoms with E-state index in [0.29, 0.717) is 6.04 Å². The van der Waals surface area contributed by atoms with Crippen molar-refractivity contribution in [2.75, 3.05) is 19.6 Å². The van der Waals surface area contributed by atoms with E-state index >= 15 is 0 Å². The van der Waals surface area contributed by atoms with Gasteiger partial charge in [0.1, 0.15) is 0 Å². The molecule has 1 aliphatic heterocycles. The first kappa shape index (κ1) is 10.5. The number of nitrogens with zero attached hydrogens (tertiary/aromatic N) is 1. The molecule has 0 aromatic heterocycles. The van der Waals surface area contributed by atoms with Gasteiger partial charge in [0.05, 0.1) is 5.92 Å². The van der Waals surface area contributed by atoms with Crippen LogP contribution in [0.15, 0.2) is 0 Å². The van der Waals surface area contributed by atoms with E-state index in [-0.39, 0.29) is 11.8 Å². The van der Waals surface area contributed by atoms with E-state index in [1.165, 1.54) is 0 Å². The fourth-order valence-corrected chi connectivity index (χ4v) is 1.79. The third kappa shape index (κ3) is 2.69. The van der Waals surface area contributed by atoms with E-state index in [1.807, 2.05) is 6.92 Å². The van der Waals surface area contributed by atoms with Crippen molar-refractivity contribution >= 4 is 5.91 Å². The van der Waals surface area contributed by atoms with Crippen LogP contribution in [0.3, 0.4) is 0 Å². The topological polar surface area (TPSA) is 32.3 Å². The van der Waals surface area contributed by atoms with Crippen LogP contribution in [0.5, 0.6) is 0 Å². The Balaban J connectivity index is 2.36. The van der Waals surface area contributed by atoms with Crippen LogP contribution in [0, 0.1) is 5.92 Å². The lowest BCUT2D eigenvalue weighted by Gasteiger charge is -2.19. The Morgan fingerprint density at radius 1 is 1.62 bits per heavy atom. The van der Waals surface area contributed by atoms with Crippen molar-refractivity contribution in [3.63, 3.8) is 0 Å². The maximum atomic E-state index is 11.5. The molecule has 3 nitrogen and oxygen atoms in total. The van der Waals surface area contributed by atoms with Gasteiger partial charge < -0.3 is 10.2 Å². The minimum absolute atomic E-state index is 0.224. The van der Waals surface area contributed by atoms with Crippen LogP contribution in [0.2, 0.25) is 0 Å². The van der Waals surface area contributed by atoms with E-state index in [2.05, 4.69) is 24.1 Å². The molecule has 3 heteroatoms. The molecule has 0 aliphatic carbocycles. The highest BCUT2D eigenvalue weighted by molar-refractivity contribution is 5.79. The standard InChI is InChI=1S/C10H20N2O/c1-4-11-10(13)9-5-6-12(7-9)8(2)3/h8-9H,4-7H2,1-3H3,(H,11,13)/t9-/m0/s1. The number of carbonyl (C=O) groups excluding carboxylic acids is 1. The second kappa shape index (κ2) is 4.61. The van der Waals surface area contributed by atoms with E-state index < -0.39 is 0 Å². The molecular weight excluding hydrogens is 164 g/mol. The summed E-state index contributed by atoms with van der Waals surface area (Å²) in [5.74, 6) is 0.452. The first-order valence-corrected chi connectivity index (χ1v) is 5.17. The number of hydrogen-bond acceptors (Lipinski definition) is 2. The molecule has 1 heterocycles. The molecule has 0 bridgehead atoms. The van der Waals surface area contributed by atoms with Gasteiger partial charge in [0.2, 0.25) is 5.91 Å². The SMILES string of the molecule is CCNC(=O)[C@H]1CCN(C(C)C)C1. The Hall–Kier alpha value is -0.570. The molecular formula is C10H20N2O. The molecule has 0 spiro atoms. The van der Waals surface area contributed by atoms with Crippen LogP contribution < -0.4 is 5.32 Å². The van der Waals surface area contributed by atoms with Gasteiger partial charge in [-0.1, -0.05) is 0 Å². The lowest BCUT2D eigenvalue weighted by molar-refractivity contribution is -0.124. The van der Waals surface area contributed by atoms with Gasteiger partial charge in [-0.2, -0.15) is 0 Å². The van der Waals surface area contributed by atoms with Crippen molar-refractivity contribution in [2.45, 2.75) is 33.2 Å². The molecule has 76 valence electrons. The summed E-state index contributed by atoms with van der Waals surface area (Å²) in [5.41, 5.74) is 0. The Morgan fingerprint density at radius 3 is 2.77 bits per heavy atom. The summed E-state index contributed by atoms with van der Waals surface area (Å²) in [6, 6.07) is 0.569. The Kier molecular flexibility index (Phi) is 3.72. The Labute approximate surface area is 80.5 Å². The second-order valence-electron chi connectivity index (χ2n) is 3.97. The highest BCUT2D eigenvalue weighted by Gasteiger charge is 2.28. The van der Waals surface area contributed by atoms with Crippen molar-refractivity contribution in [3.05, 3.63) is 0 Å². The van der Waals surface area contributed by atoms with Gasteiger partial charge in [-0.05, 0) is 33.7 Å². The molecule has 1 fully saturated rings. The fraction of sp³-hybridized carbons (Fsp3) is 0.900. The monoisotopic (exact) mass is 184 g/mol. The lowest BCUT2D eigenvalue weighted by Crippen LogP contribution is -2.34. The summed E-state index contributed by atoms with van der Waals surface area (Å²) in [5, 5.41) is 2.88. The number of nitrogens with one attached hydrogen (secondary N) is 1. The van der Waals surface area contributed by atoms with E-state index in [0.717, 1.165) is 26.1 Å². The van der Waals surface area contributed by atoms with Crippen LogP contribution in [-0.2, 0) is 4.79 Å². The van der Waals surface area contributed by atoms with Gasteiger partial charge in [-0.3, -0.25) is 4.79 Å². The molecule has 0 aromatic rings. The van der Waals surface area contributed by atoms with Crippen LogP contribution in [0.4, 0.5) is 0 Å². The minimum Gasteiger partial charge on any atom is -0.356 e. The molecule has 0 radical (unpaired) electrons. The molecule has 1 amide bonds. The van der Waals surface area contributed by atoms with Crippen LogP contribution in [0.1, 0.15) is 27.2 Å². The summed E-state index contributed by atoms with van der Waals surface area (Å²) in [7, 11) is 0. The van der Waals surface area contributed by atoms with Crippen molar-refractivity contribution < 1.29 is 4.79 Å². The van der Waals surface area contributed by atoms with Crippen molar-refractivity contribution in [2.24, 2.45) is 5.92 Å². The summed E-state index contributed by atoms with van der Waals surface area (Å²) in [6.45, 7) is 9.08. The molecule has 0 aromatic carbocycles. The fourth-order valence-electron chi connectivity index (χ4n) is 1.79. The van der Waals surface area contributed by atoms with Gasteiger partial charge in [-0.15, -0.1) is 0 Å².